The number of ether oxygens (including phenoxy) is 2. The molecule has 0 aromatic heterocycles. The molecule has 172 valence electrons. The van der Waals surface area contributed by atoms with E-state index < -0.39 is 12.0 Å². The smallest absolute Gasteiger partial charge is 0.337 e. The maximum atomic E-state index is 13.7. The first kappa shape index (κ1) is 22.5. The summed E-state index contributed by atoms with van der Waals surface area (Å²) in [6.45, 7) is 5.51. The van der Waals surface area contributed by atoms with Crippen LogP contribution >= 0.6 is 0 Å². The predicted molar refractivity (Wildman–Crippen MR) is 119 cm³/mol. The number of methoxy groups -OCH3 is 1. The SMILES string of the molecule is COC(=O)c1ccc(C2C3=C(OC4CC(C)C(C)CC4C3=O)C(=O)N2CCN(C)C)cc1. The minimum atomic E-state index is -0.507. The molecule has 4 rings (SSSR count). The van der Waals surface area contributed by atoms with Crippen molar-refractivity contribution in [2.45, 2.75) is 38.8 Å². The highest BCUT2D eigenvalue weighted by molar-refractivity contribution is 6.11. The third-order valence-electron chi connectivity index (χ3n) is 7.24. The van der Waals surface area contributed by atoms with Gasteiger partial charge in [-0.05, 0) is 56.5 Å². The van der Waals surface area contributed by atoms with Crippen LogP contribution in [-0.4, -0.2) is 67.9 Å². The zero-order valence-electron chi connectivity index (χ0n) is 19.5. The molecular weight excluding hydrogens is 408 g/mol. The molecule has 0 bridgehead atoms. The number of nitrogens with zero attached hydrogens (tertiary/aromatic N) is 2. The van der Waals surface area contributed by atoms with Crippen LogP contribution in [0.2, 0.25) is 0 Å². The molecule has 1 saturated carbocycles. The van der Waals surface area contributed by atoms with Crippen LogP contribution in [0.15, 0.2) is 35.6 Å². The molecule has 5 unspecified atom stereocenters. The molecule has 0 radical (unpaired) electrons. The van der Waals surface area contributed by atoms with Crippen molar-refractivity contribution in [3.8, 4) is 0 Å². The molecule has 1 aliphatic carbocycles. The van der Waals surface area contributed by atoms with Gasteiger partial charge in [0.25, 0.3) is 5.91 Å². The third-order valence-corrected chi connectivity index (χ3v) is 7.24. The summed E-state index contributed by atoms with van der Waals surface area (Å²) in [5.74, 6) is 0.297. The van der Waals surface area contributed by atoms with E-state index in [0.717, 1.165) is 18.4 Å². The lowest BCUT2D eigenvalue weighted by Crippen LogP contribution is -2.43. The van der Waals surface area contributed by atoms with E-state index in [1.54, 1.807) is 29.2 Å². The van der Waals surface area contributed by atoms with Gasteiger partial charge in [-0.1, -0.05) is 26.0 Å². The number of rotatable bonds is 5. The first-order valence-electron chi connectivity index (χ1n) is 11.3. The molecule has 1 fully saturated rings. The Morgan fingerprint density at radius 1 is 1.12 bits per heavy atom. The number of carbonyl (C=O) groups excluding carboxylic acids is 3. The number of hydrogen-bond donors (Lipinski definition) is 0. The summed E-state index contributed by atoms with van der Waals surface area (Å²) in [6, 6.07) is 6.44. The van der Waals surface area contributed by atoms with Crippen LogP contribution in [0.4, 0.5) is 0 Å². The zero-order valence-corrected chi connectivity index (χ0v) is 19.5. The Kier molecular flexibility index (Phi) is 6.12. The van der Waals surface area contributed by atoms with E-state index >= 15 is 0 Å². The van der Waals surface area contributed by atoms with Gasteiger partial charge in [-0.15, -0.1) is 0 Å². The fourth-order valence-corrected chi connectivity index (χ4v) is 5.11. The molecule has 2 aliphatic heterocycles. The van der Waals surface area contributed by atoms with Crippen LogP contribution in [-0.2, 0) is 19.1 Å². The topological polar surface area (TPSA) is 76.1 Å². The lowest BCUT2D eigenvalue weighted by molar-refractivity contribution is -0.137. The van der Waals surface area contributed by atoms with Gasteiger partial charge >= 0.3 is 5.97 Å². The maximum Gasteiger partial charge on any atom is 0.337 e. The van der Waals surface area contributed by atoms with Crippen LogP contribution < -0.4 is 0 Å². The van der Waals surface area contributed by atoms with E-state index in [1.807, 2.05) is 19.0 Å². The summed E-state index contributed by atoms with van der Waals surface area (Å²) in [6.07, 6.45) is 1.34. The highest BCUT2D eigenvalue weighted by Crippen LogP contribution is 2.48. The van der Waals surface area contributed by atoms with Crippen LogP contribution in [0.3, 0.4) is 0 Å². The second-order valence-corrected chi connectivity index (χ2v) is 9.61. The molecule has 2 heterocycles. The van der Waals surface area contributed by atoms with E-state index in [-0.39, 0.29) is 29.5 Å². The Hall–Kier alpha value is -2.67. The van der Waals surface area contributed by atoms with Gasteiger partial charge in [-0.2, -0.15) is 0 Å². The zero-order chi connectivity index (χ0) is 23.2. The van der Waals surface area contributed by atoms with Gasteiger partial charge in [0, 0.05) is 13.1 Å². The van der Waals surface area contributed by atoms with Crippen molar-refractivity contribution in [1.82, 2.24) is 9.80 Å². The largest absolute Gasteiger partial charge is 0.483 e. The van der Waals surface area contributed by atoms with Crippen LogP contribution in [0.25, 0.3) is 0 Å². The second-order valence-electron chi connectivity index (χ2n) is 9.61. The Morgan fingerprint density at radius 3 is 2.41 bits per heavy atom. The number of fused-ring (bicyclic) bond motifs is 1. The van der Waals surface area contributed by atoms with Crippen molar-refractivity contribution in [1.29, 1.82) is 0 Å². The highest BCUT2D eigenvalue weighted by atomic mass is 16.5. The number of amides is 1. The van der Waals surface area contributed by atoms with E-state index in [0.29, 0.717) is 36.1 Å². The first-order valence-corrected chi connectivity index (χ1v) is 11.3. The van der Waals surface area contributed by atoms with E-state index in [9.17, 15) is 14.4 Å². The molecular formula is C25H32N2O5. The lowest BCUT2D eigenvalue weighted by Gasteiger charge is -2.40. The quantitative estimate of drug-likeness (QED) is 0.656. The van der Waals surface area contributed by atoms with Gasteiger partial charge in [0.05, 0.1) is 30.2 Å². The molecule has 0 spiro atoms. The van der Waals surface area contributed by atoms with Crippen molar-refractivity contribution in [3.63, 3.8) is 0 Å². The van der Waals surface area contributed by atoms with E-state index in [1.165, 1.54) is 7.11 Å². The van der Waals surface area contributed by atoms with Crippen molar-refractivity contribution >= 4 is 17.7 Å². The summed E-state index contributed by atoms with van der Waals surface area (Å²) < 4.78 is 11.1. The number of esters is 1. The summed E-state index contributed by atoms with van der Waals surface area (Å²) >= 11 is 0. The van der Waals surface area contributed by atoms with Crippen LogP contribution in [0.1, 0.15) is 48.7 Å². The average Bonchev–Trinajstić information content (AvgIpc) is 3.05. The monoisotopic (exact) mass is 440 g/mol. The molecule has 0 N–H and O–H groups in total. The van der Waals surface area contributed by atoms with Crippen LogP contribution in [0.5, 0.6) is 0 Å². The number of likely N-dealkylation sites (N-methyl/N-ethyl adjacent to an activating group) is 1. The van der Waals surface area contributed by atoms with Crippen molar-refractivity contribution in [2.75, 3.05) is 34.3 Å². The summed E-state index contributed by atoms with van der Waals surface area (Å²) in [5.41, 5.74) is 1.70. The standard InChI is InChI=1S/C25H32N2O5/c1-14-12-18-19(13-15(14)2)32-23-20(22(18)28)21(27(24(23)29)11-10-26(3)4)16-6-8-17(9-7-16)25(30)31-5/h6-9,14-15,18-19,21H,10-13H2,1-5H3. The Morgan fingerprint density at radius 2 is 1.78 bits per heavy atom. The predicted octanol–water partition coefficient (Wildman–Crippen LogP) is 2.82. The summed E-state index contributed by atoms with van der Waals surface area (Å²) in [4.78, 5) is 42.8. The van der Waals surface area contributed by atoms with Gasteiger partial charge in [-0.3, -0.25) is 9.59 Å². The molecule has 3 aliphatic rings. The minimum absolute atomic E-state index is 0.0396. The molecule has 1 aromatic carbocycles. The molecule has 7 heteroatoms. The molecule has 32 heavy (non-hydrogen) atoms. The van der Waals surface area contributed by atoms with Crippen molar-refractivity contribution in [2.24, 2.45) is 17.8 Å². The second kappa shape index (κ2) is 8.70. The maximum absolute atomic E-state index is 13.7. The lowest BCUT2D eigenvalue weighted by atomic mass is 9.70. The third kappa shape index (κ3) is 3.83. The number of carbonyl (C=O) groups is 3. The Labute approximate surface area is 189 Å². The summed E-state index contributed by atoms with van der Waals surface area (Å²) in [5, 5.41) is 0. The average molecular weight is 441 g/mol. The molecule has 7 nitrogen and oxygen atoms in total. The van der Waals surface area contributed by atoms with Gasteiger partial charge in [-0.25, -0.2) is 4.79 Å². The van der Waals surface area contributed by atoms with E-state index in [4.69, 9.17) is 9.47 Å². The molecule has 1 amide bonds. The van der Waals surface area contributed by atoms with Gasteiger partial charge in [0.1, 0.15) is 6.10 Å². The fourth-order valence-electron chi connectivity index (χ4n) is 5.11. The Bertz CT molecular complexity index is 952. The number of Topliss-reactive ketones (excluding diaryl/α,β-unsaturated/α-hetero) is 1. The van der Waals surface area contributed by atoms with Gasteiger partial charge in [0.2, 0.25) is 0 Å². The number of ketones is 1. The number of hydrogen-bond acceptors (Lipinski definition) is 6. The first-order chi connectivity index (χ1) is 15.2. The van der Waals surface area contributed by atoms with Gasteiger partial charge in [0.15, 0.2) is 11.5 Å². The highest BCUT2D eigenvalue weighted by Gasteiger charge is 2.53. The van der Waals surface area contributed by atoms with Crippen molar-refractivity contribution in [3.05, 3.63) is 46.7 Å². The normalized spacial score (nSPS) is 29.7. The van der Waals surface area contributed by atoms with Gasteiger partial charge < -0.3 is 19.3 Å². The molecule has 0 saturated heterocycles. The fraction of sp³-hybridized carbons (Fsp3) is 0.560. The Balaban J connectivity index is 1.73. The van der Waals surface area contributed by atoms with Crippen LogP contribution in [0, 0.1) is 17.8 Å². The van der Waals surface area contributed by atoms with E-state index in [2.05, 4.69) is 13.8 Å². The van der Waals surface area contributed by atoms with Crippen molar-refractivity contribution < 1.29 is 23.9 Å². The molecule has 5 atom stereocenters. The molecule has 1 aromatic rings. The number of benzene rings is 1. The summed E-state index contributed by atoms with van der Waals surface area (Å²) in [7, 11) is 5.24. The minimum Gasteiger partial charge on any atom is -0.483 e.